The molecule has 0 amide bonds. The van der Waals surface area contributed by atoms with Gasteiger partial charge in [-0.2, -0.15) is 0 Å². The Kier molecular flexibility index (Phi) is 6.77. The van der Waals surface area contributed by atoms with Crippen molar-refractivity contribution in [3.63, 3.8) is 0 Å². The molecule has 0 aliphatic carbocycles. The van der Waals surface area contributed by atoms with Crippen LogP contribution >= 0.6 is 12.4 Å². The summed E-state index contributed by atoms with van der Waals surface area (Å²) in [6.45, 7) is 3.87. The fourth-order valence-electron chi connectivity index (χ4n) is 3.95. The number of nitrogens with zero attached hydrogens (tertiary/aromatic N) is 1. The Labute approximate surface area is 167 Å². The number of benzene rings is 2. The maximum absolute atomic E-state index is 11.0. The Bertz CT molecular complexity index is 721. The molecule has 0 bridgehead atoms. The van der Waals surface area contributed by atoms with Crippen LogP contribution in [-0.2, 0) is 16.9 Å². The van der Waals surface area contributed by atoms with Gasteiger partial charge in [-0.3, -0.25) is 4.90 Å². The standard InChI is InChI=1S/C22H27NO3.ClH/c24-22(19-7-2-1-3-8-19)11-12-23(17-22)15-18-6-4-9-20(14-18)26-16-21-10-5-13-25-21;/h1-4,6-9,14,21,24H,5,10-13,15-17H2;1H. The highest BCUT2D eigenvalue weighted by Crippen LogP contribution is 2.32. The molecule has 4 rings (SSSR count). The fraction of sp³-hybridized carbons (Fsp3) is 0.455. The molecule has 2 heterocycles. The number of aliphatic hydroxyl groups is 1. The van der Waals surface area contributed by atoms with E-state index in [1.54, 1.807) is 0 Å². The van der Waals surface area contributed by atoms with Crippen LogP contribution in [0.2, 0.25) is 0 Å². The summed E-state index contributed by atoms with van der Waals surface area (Å²) in [7, 11) is 0. The molecule has 4 nitrogen and oxygen atoms in total. The number of hydrogen-bond donors (Lipinski definition) is 1. The zero-order valence-corrected chi connectivity index (χ0v) is 16.4. The van der Waals surface area contributed by atoms with E-state index in [9.17, 15) is 5.11 Å². The molecule has 0 spiro atoms. The van der Waals surface area contributed by atoms with Crippen molar-refractivity contribution in [1.82, 2.24) is 4.90 Å². The van der Waals surface area contributed by atoms with Gasteiger partial charge in [-0.05, 0) is 42.5 Å². The minimum Gasteiger partial charge on any atom is -0.491 e. The molecule has 2 aliphatic rings. The molecule has 0 radical (unpaired) electrons. The number of β-amino-alcohol motifs (C(OH)–C–C–N with tert-alkyl or cyclic N) is 1. The number of ether oxygens (including phenoxy) is 2. The van der Waals surface area contributed by atoms with E-state index in [-0.39, 0.29) is 18.5 Å². The van der Waals surface area contributed by atoms with Crippen LogP contribution in [0.1, 0.15) is 30.4 Å². The topological polar surface area (TPSA) is 41.9 Å². The highest BCUT2D eigenvalue weighted by molar-refractivity contribution is 5.85. The third-order valence-corrected chi connectivity index (χ3v) is 5.40. The summed E-state index contributed by atoms with van der Waals surface area (Å²) in [5, 5.41) is 11.0. The number of rotatable bonds is 6. The van der Waals surface area contributed by atoms with Crippen LogP contribution in [0.4, 0.5) is 0 Å². The summed E-state index contributed by atoms with van der Waals surface area (Å²) < 4.78 is 11.5. The minimum absolute atomic E-state index is 0. The van der Waals surface area contributed by atoms with Gasteiger partial charge in [0.25, 0.3) is 0 Å². The van der Waals surface area contributed by atoms with Gasteiger partial charge in [0.2, 0.25) is 0 Å². The largest absolute Gasteiger partial charge is 0.491 e. The lowest BCUT2D eigenvalue weighted by Crippen LogP contribution is -2.30. The molecule has 5 heteroatoms. The average molecular weight is 390 g/mol. The van der Waals surface area contributed by atoms with Crippen molar-refractivity contribution in [1.29, 1.82) is 0 Å². The maximum atomic E-state index is 11.0. The Balaban J connectivity index is 0.00000210. The molecule has 0 saturated carbocycles. The molecule has 2 aromatic rings. The second-order valence-corrected chi connectivity index (χ2v) is 7.45. The van der Waals surface area contributed by atoms with Gasteiger partial charge in [0.1, 0.15) is 18.0 Å². The van der Waals surface area contributed by atoms with Crippen molar-refractivity contribution in [2.45, 2.75) is 37.5 Å². The Morgan fingerprint density at radius 2 is 2.00 bits per heavy atom. The number of likely N-dealkylation sites (tertiary alicyclic amines) is 1. The van der Waals surface area contributed by atoms with E-state index in [4.69, 9.17) is 9.47 Å². The van der Waals surface area contributed by atoms with E-state index in [0.717, 1.165) is 50.3 Å². The summed E-state index contributed by atoms with van der Waals surface area (Å²) in [5.74, 6) is 0.899. The molecule has 2 atom stereocenters. The van der Waals surface area contributed by atoms with Gasteiger partial charge >= 0.3 is 0 Å². The first-order chi connectivity index (χ1) is 12.7. The smallest absolute Gasteiger partial charge is 0.119 e. The SMILES string of the molecule is Cl.OC1(c2ccccc2)CCN(Cc2cccc(OCC3CCCO3)c2)C1. The Morgan fingerprint density at radius 3 is 2.78 bits per heavy atom. The lowest BCUT2D eigenvalue weighted by atomic mass is 9.93. The summed E-state index contributed by atoms with van der Waals surface area (Å²) in [6.07, 6.45) is 3.23. The predicted octanol–water partition coefficient (Wildman–Crippen LogP) is 3.76. The van der Waals surface area contributed by atoms with Crippen LogP contribution in [0.15, 0.2) is 54.6 Å². The van der Waals surface area contributed by atoms with Crippen molar-refractivity contribution in [3.8, 4) is 5.75 Å². The fourth-order valence-corrected chi connectivity index (χ4v) is 3.95. The molecule has 2 aliphatic heterocycles. The zero-order valence-electron chi connectivity index (χ0n) is 15.5. The van der Waals surface area contributed by atoms with E-state index in [0.29, 0.717) is 13.2 Å². The maximum Gasteiger partial charge on any atom is 0.119 e. The van der Waals surface area contributed by atoms with Crippen molar-refractivity contribution >= 4 is 12.4 Å². The molecule has 2 saturated heterocycles. The van der Waals surface area contributed by atoms with E-state index < -0.39 is 5.60 Å². The lowest BCUT2D eigenvalue weighted by molar-refractivity contribution is 0.0452. The Morgan fingerprint density at radius 1 is 1.15 bits per heavy atom. The summed E-state index contributed by atoms with van der Waals surface area (Å²) in [5.41, 5.74) is 1.48. The van der Waals surface area contributed by atoms with E-state index >= 15 is 0 Å². The third-order valence-electron chi connectivity index (χ3n) is 5.40. The molecule has 2 aromatic carbocycles. The van der Waals surface area contributed by atoms with Gasteiger partial charge in [0.05, 0.1) is 6.10 Å². The monoisotopic (exact) mass is 389 g/mol. The van der Waals surface area contributed by atoms with Crippen LogP contribution in [0.25, 0.3) is 0 Å². The highest BCUT2D eigenvalue weighted by atomic mass is 35.5. The molecule has 2 fully saturated rings. The Hall–Kier alpha value is -1.59. The first kappa shape index (κ1) is 20.2. The van der Waals surface area contributed by atoms with Crippen molar-refractivity contribution in [2.75, 3.05) is 26.3 Å². The molecule has 146 valence electrons. The van der Waals surface area contributed by atoms with Crippen LogP contribution in [0.3, 0.4) is 0 Å². The third kappa shape index (κ3) is 5.02. The van der Waals surface area contributed by atoms with E-state index in [2.05, 4.69) is 17.0 Å². The van der Waals surface area contributed by atoms with Crippen LogP contribution < -0.4 is 4.74 Å². The predicted molar refractivity (Wildman–Crippen MR) is 108 cm³/mol. The first-order valence-corrected chi connectivity index (χ1v) is 9.55. The van der Waals surface area contributed by atoms with Gasteiger partial charge in [0.15, 0.2) is 0 Å². The molecular formula is C22H28ClNO3. The minimum atomic E-state index is -0.741. The van der Waals surface area contributed by atoms with Gasteiger partial charge < -0.3 is 14.6 Å². The molecular weight excluding hydrogens is 362 g/mol. The second kappa shape index (κ2) is 9.07. The summed E-state index contributed by atoms with van der Waals surface area (Å²) >= 11 is 0. The van der Waals surface area contributed by atoms with E-state index in [1.807, 2.05) is 42.5 Å². The van der Waals surface area contributed by atoms with Gasteiger partial charge in [0, 0.05) is 26.2 Å². The second-order valence-electron chi connectivity index (χ2n) is 7.45. The first-order valence-electron chi connectivity index (χ1n) is 9.55. The highest BCUT2D eigenvalue weighted by Gasteiger charge is 2.37. The molecule has 2 unspecified atom stereocenters. The van der Waals surface area contributed by atoms with Gasteiger partial charge in [-0.15, -0.1) is 12.4 Å². The van der Waals surface area contributed by atoms with Crippen molar-refractivity contribution < 1.29 is 14.6 Å². The zero-order chi connectivity index (χ0) is 17.8. The van der Waals surface area contributed by atoms with Crippen LogP contribution in [-0.4, -0.2) is 42.4 Å². The van der Waals surface area contributed by atoms with E-state index in [1.165, 1.54) is 5.56 Å². The van der Waals surface area contributed by atoms with Crippen molar-refractivity contribution in [2.24, 2.45) is 0 Å². The van der Waals surface area contributed by atoms with Gasteiger partial charge in [-0.25, -0.2) is 0 Å². The quantitative estimate of drug-likeness (QED) is 0.816. The lowest BCUT2D eigenvalue weighted by Gasteiger charge is -2.24. The number of hydrogen-bond acceptors (Lipinski definition) is 4. The van der Waals surface area contributed by atoms with Crippen LogP contribution in [0.5, 0.6) is 5.75 Å². The molecule has 1 N–H and O–H groups in total. The number of halogens is 1. The summed E-state index contributed by atoms with van der Waals surface area (Å²) in [4.78, 5) is 2.31. The summed E-state index contributed by atoms with van der Waals surface area (Å²) in [6, 6.07) is 18.3. The van der Waals surface area contributed by atoms with Gasteiger partial charge in [-0.1, -0.05) is 42.5 Å². The van der Waals surface area contributed by atoms with Crippen LogP contribution in [0, 0.1) is 0 Å². The molecule has 0 aromatic heterocycles. The average Bonchev–Trinajstić information content (AvgIpc) is 3.32. The van der Waals surface area contributed by atoms with Crippen molar-refractivity contribution in [3.05, 3.63) is 65.7 Å². The normalized spacial score (nSPS) is 25.3. The molecule has 27 heavy (non-hydrogen) atoms.